The molecule has 0 heterocycles. The van der Waals surface area contributed by atoms with Crippen LogP contribution in [0.4, 0.5) is 0 Å². The van der Waals surface area contributed by atoms with Crippen LogP contribution in [0.5, 0.6) is 0 Å². The molecule has 66 valence electrons. The average Bonchev–Trinajstić information content (AvgIpc) is 2.20. The lowest BCUT2D eigenvalue weighted by Gasteiger charge is -2.15. The summed E-state index contributed by atoms with van der Waals surface area (Å²) < 4.78 is 0.630. The molecule has 0 aliphatic heterocycles. The normalized spacial score (nSPS) is 21.3. The first kappa shape index (κ1) is 9.00. The van der Waals surface area contributed by atoms with E-state index >= 15 is 0 Å². The first-order chi connectivity index (χ1) is 6.38. The van der Waals surface area contributed by atoms with Crippen molar-refractivity contribution in [3.05, 3.63) is 54.1 Å². The largest absolute Gasteiger partial charge is 0.0831 e. The summed E-state index contributed by atoms with van der Waals surface area (Å²) in [6, 6.07) is 10.6. The first-order valence-electron chi connectivity index (χ1n) is 4.44. The second-order valence-corrected chi connectivity index (χ2v) is 4.62. The maximum atomic E-state index is 2.50. The Hall–Kier alpha value is -0.570. The summed E-state index contributed by atoms with van der Waals surface area (Å²) in [6.45, 7) is 0. The summed E-state index contributed by atoms with van der Waals surface area (Å²) in [5, 5.41) is 0. The number of halogens is 1. The molecule has 0 saturated carbocycles. The van der Waals surface area contributed by atoms with Crippen LogP contribution in [-0.4, -0.2) is 3.92 Å². The summed E-state index contributed by atoms with van der Waals surface area (Å²) >= 11 is 2.50. The molecule has 0 amide bonds. The molecule has 1 aromatic carbocycles. The molecule has 0 radical (unpaired) electrons. The summed E-state index contributed by atoms with van der Waals surface area (Å²) in [5.41, 5.74) is 2.80. The lowest BCUT2D eigenvalue weighted by molar-refractivity contribution is 1.11. The van der Waals surface area contributed by atoms with Gasteiger partial charge < -0.3 is 0 Å². The van der Waals surface area contributed by atoms with Crippen molar-refractivity contribution < 1.29 is 0 Å². The van der Waals surface area contributed by atoms with Crippen LogP contribution in [0.25, 0.3) is 5.57 Å². The van der Waals surface area contributed by atoms with Crippen LogP contribution in [0.3, 0.4) is 0 Å². The highest BCUT2D eigenvalue weighted by molar-refractivity contribution is 14.1. The molecule has 1 heteroatoms. The lowest BCUT2D eigenvalue weighted by Crippen LogP contribution is -2.02. The van der Waals surface area contributed by atoms with E-state index < -0.39 is 0 Å². The molecule has 13 heavy (non-hydrogen) atoms. The molecular formula is C12H11I. The quantitative estimate of drug-likeness (QED) is 0.542. The van der Waals surface area contributed by atoms with Crippen LogP contribution in [0, 0.1) is 0 Å². The maximum absolute atomic E-state index is 2.50. The third-order valence-corrected chi connectivity index (χ3v) is 3.38. The van der Waals surface area contributed by atoms with E-state index in [2.05, 4.69) is 71.2 Å². The predicted molar refractivity (Wildman–Crippen MR) is 66.0 cm³/mol. The van der Waals surface area contributed by atoms with Crippen molar-refractivity contribution in [2.75, 3.05) is 0 Å². The van der Waals surface area contributed by atoms with Crippen molar-refractivity contribution in [1.29, 1.82) is 0 Å². The maximum Gasteiger partial charge on any atom is 0.0400 e. The Labute approximate surface area is 92.5 Å². The Morgan fingerprint density at radius 2 is 1.92 bits per heavy atom. The smallest absolute Gasteiger partial charge is 0.0400 e. The van der Waals surface area contributed by atoms with Crippen molar-refractivity contribution in [2.45, 2.75) is 10.3 Å². The molecule has 0 saturated heterocycles. The van der Waals surface area contributed by atoms with Crippen molar-refractivity contribution >= 4 is 28.2 Å². The van der Waals surface area contributed by atoms with Gasteiger partial charge in [0.05, 0.1) is 0 Å². The van der Waals surface area contributed by atoms with Crippen molar-refractivity contribution in [3.63, 3.8) is 0 Å². The number of alkyl halides is 1. The van der Waals surface area contributed by atoms with Gasteiger partial charge in [-0.05, 0) is 17.6 Å². The number of hydrogen-bond donors (Lipinski definition) is 0. The van der Waals surface area contributed by atoms with Gasteiger partial charge in [-0.25, -0.2) is 0 Å². The Morgan fingerprint density at radius 1 is 1.15 bits per heavy atom. The van der Waals surface area contributed by atoms with Crippen molar-refractivity contribution in [3.8, 4) is 0 Å². The summed E-state index contributed by atoms with van der Waals surface area (Å²) in [4.78, 5) is 0. The zero-order chi connectivity index (χ0) is 9.10. The topological polar surface area (TPSA) is 0 Å². The lowest BCUT2D eigenvalue weighted by atomic mass is 9.98. The van der Waals surface area contributed by atoms with E-state index in [1.807, 2.05) is 0 Å². The fourth-order valence-corrected chi connectivity index (χ4v) is 2.37. The zero-order valence-corrected chi connectivity index (χ0v) is 9.44. The molecule has 0 N–H and O–H groups in total. The Morgan fingerprint density at radius 3 is 2.62 bits per heavy atom. The van der Waals surface area contributed by atoms with Gasteiger partial charge in [-0.3, -0.25) is 0 Å². The van der Waals surface area contributed by atoms with E-state index in [1.54, 1.807) is 0 Å². The van der Waals surface area contributed by atoms with Crippen LogP contribution in [0.15, 0.2) is 48.6 Å². The van der Waals surface area contributed by atoms with Crippen molar-refractivity contribution in [2.24, 2.45) is 0 Å². The summed E-state index contributed by atoms with van der Waals surface area (Å²) in [6.07, 6.45) is 7.75. The average molecular weight is 282 g/mol. The van der Waals surface area contributed by atoms with E-state index in [9.17, 15) is 0 Å². The molecule has 1 aliphatic carbocycles. The number of benzene rings is 1. The van der Waals surface area contributed by atoms with Gasteiger partial charge in [0.15, 0.2) is 0 Å². The standard InChI is InChI=1S/C12H11I/c13-12-9-5-4-8-11(12)10-6-2-1-3-7-10/h1-8,12H,9H2. The minimum Gasteiger partial charge on any atom is -0.0831 e. The molecule has 0 aromatic heterocycles. The fourth-order valence-electron chi connectivity index (χ4n) is 1.51. The first-order valence-corrected chi connectivity index (χ1v) is 5.69. The highest BCUT2D eigenvalue weighted by Crippen LogP contribution is 2.29. The van der Waals surface area contributed by atoms with E-state index in [-0.39, 0.29) is 0 Å². The molecule has 0 nitrogen and oxygen atoms in total. The second-order valence-electron chi connectivity index (χ2n) is 3.12. The van der Waals surface area contributed by atoms with Crippen LogP contribution in [0.1, 0.15) is 12.0 Å². The zero-order valence-electron chi connectivity index (χ0n) is 7.28. The van der Waals surface area contributed by atoms with Gasteiger partial charge in [0.1, 0.15) is 0 Å². The number of hydrogen-bond acceptors (Lipinski definition) is 0. The third-order valence-electron chi connectivity index (χ3n) is 2.20. The highest BCUT2D eigenvalue weighted by atomic mass is 127. The van der Waals surface area contributed by atoms with Gasteiger partial charge >= 0.3 is 0 Å². The van der Waals surface area contributed by atoms with Crippen LogP contribution < -0.4 is 0 Å². The third kappa shape index (κ3) is 2.02. The van der Waals surface area contributed by atoms with Gasteiger partial charge in [0.25, 0.3) is 0 Å². The van der Waals surface area contributed by atoms with Gasteiger partial charge in [0.2, 0.25) is 0 Å². The summed E-state index contributed by atoms with van der Waals surface area (Å²) in [7, 11) is 0. The van der Waals surface area contributed by atoms with Gasteiger partial charge in [-0.15, -0.1) is 0 Å². The van der Waals surface area contributed by atoms with E-state index in [0.29, 0.717) is 3.92 Å². The van der Waals surface area contributed by atoms with Crippen LogP contribution in [-0.2, 0) is 0 Å². The molecule has 0 spiro atoms. The number of allylic oxidation sites excluding steroid dienone is 4. The number of rotatable bonds is 1. The minimum atomic E-state index is 0.630. The van der Waals surface area contributed by atoms with Crippen molar-refractivity contribution in [1.82, 2.24) is 0 Å². The monoisotopic (exact) mass is 282 g/mol. The molecular weight excluding hydrogens is 271 g/mol. The molecule has 1 atom stereocenters. The Kier molecular flexibility index (Phi) is 2.83. The molecule has 1 unspecified atom stereocenters. The molecule has 1 aromatic rings. The van der Waals surface area contributed by atoms with Gasteiger partial charge in [0, 0.05) is 3.92 Å². The highest BCUT2D eigenvalue weighted by Gasteiger charge is 2.12. The van der Waals surface area contributed by atoms with Crippen LogP contribution in [0.2, 0.25) is 0 Å². The molecule has 0 bridgehead atoms. The van der Waals surface area contributed by atoms with E-state index in [1.165, 1.54) is 11.1 Å². The molecule has 1 aliphatic rings. The molecule has 0 fully saturated rings. The Balaban J connectivity index is 2.35. The predicted octanol–water partition coefficient (Wildman–Crippen LogP) is 3.83. The Bertz CT molecular complexity index is 335. The minimum absolute atomic E-state index is 0.630. The molecule has 2 rings (SSSR count). The van der Waals surface area contributed by atoms with Gasteiger partial charge in [-0.1, -0.05) is 71.2 Å². The summed E-state index contributed by atoms with van der Waals surface area (Å²) in [5.74, 6) is 0. The SMILES string of the molecule is IC1CC=CC=C1c1ccccc1. The van der Waals surface area contributed by atoms with Crippen LogP contribution >= 0.6 is 22.6 Å². The van der Waals surface area contributed by atoms with E-state index in [0.717, 1.165) is 6.42 Å². The second kappa shape index (κ2) is 4.09. The fraction of sp³-hybridized carbons (Fsp3) is 0.167. The van der Waals surface area contributed by atoms with E-state index in [4.69, 9.17) is 0 Å². The van der Waals surface area contributed by atoms with Gasteiger partial charge in [-0.2, -0.15) is 0 Å².